The van der Waals surface area contributed by atoms with Gasteiger partial charge < -0.3 is 10.6 Å². The average molecular weight is 141 g/mol. The number of rotatable bonds is 2. The first-order chi connectivity index (χ1) is 4.68. The van der Waals surface area contributed by atoms with E-state index in [1.165, 1.54) is 4.85 Å². The van der Waals surface area contributed by atoms with Crippen LogP contribution in [0.2, 0.25) is 0 Å². The highest BCUT2D eigenvalue weighted by molar-refractivity contribution is 5.23. The van der Waals surface area contributed by atoms with Crippen molar-refractivity contribution >= 4 is 5.82 Å². The lowest BCUT2D eigenvalue weighted by molar-refractivity contribution is 0.0366. The van der Waals surface area contributed by atoms with Crippen molar-refractivity contribution in [2.24, 2.45) is 0 Å². The molecule has 56 valence electrons. The van der Waals surface area contributed by atoms with Crippen molar-refractivity contribution in [3.63, 3.8) is 0 Å². The first kappa shape index (κ1) is 6.92. The van der Waals surface area contributed by atoms with Crippen LogP contribution in [0.1, 0.15) is 13.8 Å². The maximum atomic E-state index is 5.34. The molecule has 0 radical (unpaired) electrons. The summed E-state index contributed by atoms with van der Waals surface area (Å²) in [6, 6.07) is 1.68. The number of hydrogen-bond acceptors (Lipinski definition) is 3. The van der Waals surface area contributed by atoms with Crippen molar-refractivity contribution in [2.45, 2.75) is 20.0 Å². The molecule has 0 spiro atoms. The van der Waals surface area contributed by atoms with Gasteiger partial charge in [-0.2, -0.15) is 0 Å². The van der Waals surface area contributed by atoms with Crippen LogP contribution in [0.4, 0.5) is 5.82 Å². The van der Waals surface area contributed by atoms with Gasteiger partial charge in [-0.25, -0.2) is 0 Å². The maximum Gasteiger partial charge on any atom is 0.149 e. The Kier molecular flexibility index (Phi) is 1.80. The SMILES string of the molecule is CC(C)On1ccc(N)n1. The predicted molar refractivity (Wildman–Crippen MR) is 38.4 cm³/mol. The fourth-order valence-electron chi connectivity index (χ4n) is 0.595. The third kappa shape index (κ3) is 1.65. The standard InChI is InChI=1S/C6H11N3O/c1-5(2)10-9-4-3-6(7)8-9/h3-5H,1-2H3,(H2,7,8). The van der Waals surface area contributed by atoms with E-state index in [-0.39, 0.29) is 6.10 Å². The molecule has 0 fully saturated rings. The van der Waals surface area contributed by atoms with E-state index in [1.807, 2.05) is 13.8 Å². The van der Waals surface area contributed by atoms with Crippen LogP contribution in [-0.2, 0) is 0 Å². The minimum atomic E-state index is 0.124. The van der Waals surface area contributed by atoms with Crippen LogP contribution in [-0.4, -0.2) is 16.0 Å². The molecule has 0 saturated heterocycles. The Morgan fingerprint density at radius 2 is 2.40 bits per heavy atom. The van der Waals surface area contributed by atoms with Gasteiger partial charge in [0.1, 0.15) is 11.9 Å². The molecule has 0 bridgehead atoms. The predicted octanol–water partition coefficient (Wildman–Crippen LogP) is 0.302. The van der Waals surface area contributed by atoms with Gasteiger partial charge in [-0.1, -0.05) is 0 Å². The van der Waals surface area contributed by atoms with Crippen molar-refractivity contribution in [3.05, 3.63) is 12.3 Å². The summed E-state index contributed by atoms with van der Waals surface area (Å²) in [4.78, 5) is 6.52. The molecular formula is C6H11N3O. The summed E-state index contributed by atoms with van der Waals surface area (Å²) >= 11 is 0. The molecule has 0 unspecified atom stereocenters. The highest BCUT2D eigenvalue weighted by Gasteiger charge is 1.96. The lowest BCUT2D eigenvalue weighted by Gasteiger charge is -2.06. The van der Waals surface area contributed by atoms with E-state index < -0.39 is 0 Å². The van der Waals surface area contributed by atoms with Crippen molar-refractivity contribution in [2.75, 3.05) is 5.73 Å². The Morgan fingerprint density at radius 3 is 2.80 bits per heavy atom. The lowest BCUT2D eigenvalue weighted by Crippen LogP contribution is -2.19. The third-order valence-electron chi connectivity index (χ3n) is 0.906. The average Bonchev–Trinajstić information content (AvgIpc) is 2.13. The van der Waals surface area contributed by atoms with E-state index in [9.17, 15) is 0 Å². The van der Waals surface area contributed by atoms with Crippen LogP contribution in [0.25, 0.3) is 0 Å². The molecule has 0 aliphatic rings. The number of aromatic nitrogens is 2. The minimum Gasteiger partial charge on any atom is -0.394 e. The molecule has 0 saturated carbocycles. The topological polar surface area (TPSA) is 53.1 Å². The number of anilines is 1. The molecule has 4 nitrogen and oxygen atoms in total. The van der Waals surface area contributed by atoms with Crippen molar-refractivity contribution in [1.82, 2.24) is 9.94 Å². The van der Waals surface area contributed by atoms with Crippen LogP contribution in [0, 0.1) is 0 Å². The Hall–Kier alpha value is -1.19. The molecule has 2 N–H and O–H groups in total. The van der Waals surface area contributed by atoms with Crippen molar-refractivity contribution < 1.29 is 4.84 Å². The highest BCUT2D eigenvalue weighted by atomic mass is 16.7. The van der Waals surface area contributed by atoms with Crippen LogP contribution < -0.4 is 10.6 Å². The number of nitrogens with two attached hydrogens (primary N) is 1. The van der Waals surface area contributed by atoms with Gasteiger partial charge >= 0.3 is 0 Å². The second kappa shape index (κ2) is 2.60. The fourth-order valence-corrected chi connectivity index (χ4v) is 0.595. The molecule has 0 aromatic carbocycles. The van der Waals surface area contributed by atoms with Crippen LogP contribution >= 0.6 is 0 Å². The Morgan fingerprint density at radius 1 is 1.70 bits per heavy atom. The van der Waals surface area contributed by atoms with Gasteiger partial charge in [-0.15, -0.1) is 9.94 Å². The molecule has 0 aliphatic carbocycles. The monoisotopic (exact) mass is 141 g/mol. The Bertz CT molecular complexity index is 207. The Balaban J connectivity index is 2.58. The van der Waals surface area contributed by atoms with Gasteiger partial charge in [0.25, 0.3) is 0 Å². The van der Waals surface area contributed by atoms with Gasteiger partial charge in [-0.05, 0) is 13.8 Å². The van der Waals surface area contributed by atoms with Crippen LogP contribution in [0.5, 0.6) is 0 Å². The summed E-state index contributed by atoms with van der Waals surface area (Å²) < 4.78 is 0. The van der Waals surface area contributed by atoms with Gasteiger partial charge in [0.15, 0.2) is 0 Å². The highest BCUT2D eigenvalue weighted by Crippen LogP contribution is 1.94. The summed E-state index contributed by atoms with van der Waals surface area (Å²) in [6.07, 6.45) is 1.80. The first-order valence-electron chi connectivity index (χ1n) is 3.17. The number of nitrogen functional groups attached to an aromatic ring is 1. The van der Waals surface area contributed by atoms with E-state index in [4.69, 9.17) is 10.6 Å². The molecule has 0 amide bonds. The zero-order chi connectivity index (χ0) is 7.56. The van der Waals surface area contributed by atoms with Crippen molar-refractivity contribution in [3.8, 4) is 0 Å². The second-order valence-corrected chi connectivity index (χ2v) is 2.30. The van der Waals surface area contributed by atoms with Crippen molar-refractivity contribution in [1.29, 1.82) is 0 Å². The van der Waals surface area contributed by atoms with E-state index >= 15 is 0 Å². The first-order valence-corrected chi connectivity index (χ1v) is 3.17. The largest absolute Gasteiger partial charge is 0.394 e. The summed E-state index contributed by atoms with van der Waals surface area (Å²) in [6.45, 7) is 3.86. The molecule has 1 aromatic heterocycles. The normalized spacial score (nSPS) is 10.3. The molecule has 0 aliphatic heterocycles. The van der Waals surface area contributed by atoms with E-state index in [0.29, 0.717) is 5.82 Å². The molecule has 10 heavy (non-hydrogen) atoms. The molecule has 4 heteroatoms. The fraction of sp³-hybridized carbons (Fsp3) is 0.500. The summed E-state index contributed by atoms with van der Waals surface area (Å²) in [5.41, 5.74) is 5.34. The summed E-state index contributed by atoms with van der Waals surface area (Å²) in [5.74, 6) is 0.473. The molecule has 1 rings (SSSR count). The smallest absolute Gasteiger partial charge is 0.149 e. The number of hydrogen-bond donors (Lipinski definition) is 1. The second-order valence-electron chi connectivity index (χ2n) is 2.30. The Labute approximate surface area is 59.5 Å². The number of nitrogens with zero attached hydrogens (tertiary/aromatic N) is 2. The minimum absolute atomic E-state index is 0.124. The van der Waals surface area contributed by atoms with E-state index in [1.54, 1.807) is 12.3 Å². The molecular weight excluding hydrogens is 130 g/mol. The van der Waals surface area contributed by atoms with Gasteiger partial charge in [0.2, 0.25) is 0 Å². The maximum absolute atomic E-state index is 5.34. The van der Waals surface area contributed by atoms with Gasteiger partial charge in [0, 0.05) is 6.07 Å². The molecule has 1 aromatic rings. The van der Waals surface area contributed by atoms with Crippen LogP contribution in [0.3, 0.4) is 0 Å². The van der Waals surface area contributed by atoms with Gasteiger partial charge in [-0.3, -0.25) is 0 Å². The van der Waals surface area contributed by atoms with E-state index in [0.717, 1.165) is 0 Å². The summed E-state index contributed by atoms with van der Waals surface area (Å²) in [5, 5.41) is 3.82. The third-order valence-corrected chi connectivity index (χ3v) is 0.906. The van der Waals surface area contributed by atoms with Gasteiger partial charge in [0.05, 0.1) is 6.20 Å². The zero-order valence-corrected chi connectivity index (χ0v) is 6.11. The lowest BCUT2D eigenvalue weighted by atomic mass is 10.5. The zero-order valence-electron chi connectivity index (χ0n) is 6.11. The van der Waals surface area contributed by atoms with Crippen LogP contribution in [0.15, 0.2) is 12.3 Å². The molecule has 1 heterocycles. The quantitative estimate of drug-likeness (QED) is 0.644. The van der Waals surface area contributed by atoms with E-state index in [2.05, 4.69) is 5.10 Å². The summed E-state index contributed by atoms with van der Waals surface area (Å²) in [7, 11) is 0. The molecule has 0 atom stereocenters.